The number of rotatable bonds is 5. The molecular weight excluding hydrogens is 184 g/mol. The van der Waals surface area contributed by atoms with E-state index in [9.17, 15) is 9.59 Å². The number of aromatic amines is 1. The highest BCUT2D eigenvalue weighted by atomic mass is 16.4. The van der Waals surface area contributed by atoms with Crippen molar-refractivity contribution >= 4 is 12.3 Å². The Morgan fingerprint density at radius 3 is 3.00 bits per heavy atom. The Labute approximate surface area is 81.1 Å². The molecule has 0 radical (unpaired) electrons. The van der Waals surface area contributed by atoms with Gasteiger partial charge in [0.1, 0.15) is 12.2 Å². The van der Waals surface area contributed by atoms with Gasteiger partial charge in [0.15, 0.2) is 0 Å². The van der Waals surface area contributed by atoms with Gasteiger partial charge < -0.3 is 9.90 Å². The monoisotopic (exact) mass is 196 g/mol. The van der Waals surface area contributed by atoms with E-state index in [1.54, 1.807) is 6.20 Å². The number of aliphatic carboxylic acids is 1. The Bertz CT molecular complexity index is 333. The average Bonchev–Trinajstić information content (AvgIpc) is 2.60. The lowest BCUT2D eigenvalue weighted by atomic mass is 10.0. The molecule has 0 spiro atoms. The van der Waals surface area contributed by atoms with Crippen LogP contribution in [0.2, 0.25) is 0 Å². The van der Waals surface area contributed by atoms with Crippen molar-refractivity contribution < 1.29 is 14.7 Å². The Morgan fingerprint density at radius 1 is 1.79 bits per heavy atom. The maximum absolute atomic E-state index is 10.6. The smallest absolute Gasteiger partial charge is 0.314 e. The summed E-state index contributed by atoms with van der Waals surface area (Å²) >= 11 is 0. The van der Waals surface area contributed by atoms with Crippen LogP contribution in [-0.2, 0) is 22.4 Å². The van der Waals surface area contributed by atoms with Crippen molar-refractivity contribution in [2.24, 2.45) is 5.92 Å². The van der Waals surface area contributed by atoms with E-state index in [0.717, 1.165) is 17.7 Å². The van der Waals surface area contributed by atoms with E-state index in [1.165, 1.54) is 0 Å². The summed E-state index contributed by atoms with van der Waals surface area (Å²) in [5.74, 6) is -2.07. The summed E-state index contributed by atoms with van der Waals surface area (Å²) in [6.45, 7) is 1.93. The van der Waals surface area contributed by atoms with Crippen LogP contribution in [0.5, 0.6) is 0 Å². The Kier molecular flexibility index (Phi) is 3.39. The predicted molar refractivity (Wildman–Crippen MR) is 48.9 cm³/mol. The van der Waals surface area contributed by atoms with Crippen molar-refractivity contribution in [2.75, 3.05) is 0 Å². The van der Waals surface area contributed by atoms with Gasteiger partial charge in [-0.1, -0.05) is 6.92 Å². The molecule has 0 bridgehead atoms. The Morgan fingerprint density at radius 2 is 2.50 bits per heavy atom. The number of nitrogens with one attached hydrogen (secondary N) is 1. The molecule has 0 saturated heterocycles. The molecule has 1 atom stereocenters. The number of aldehydes is 1. The summed E-state index contributed by atoms with van der Waals surface area (Å²) in [4.78, 5) is 21.1. The molecule has 0 aliphatic carbocycles. The molecule has 2 N–H and O–H groups in total. The molecule has 1 aromatic rings. The van der Waals surface area contributed by atoms with Gasteiger partial charge >= 0.3 is 5.97 Å². The van der Waals surface area contributed by atoms with Crippen molar-refractivity contribution in [1.82, 2.24) is 10.2 Å². The average molecular weight is 196 g/mol. The topological polar surface area (TPSA) is 83.0 Å². The zero-order chi connectivity index (χ0) is 10.6. The van der Waals surface area contributed by atoms with E-state index in [-0.39, 0.29) is 6.42 Å². The van der Waals surface area contributed by atoms with Crippen molar-refractivity contribution in [1.29, 1.82) is 0 Å². The fraction of sp³-hybridized carbons (Fsp3) is 0.444. The first-order valence-electron chi connectivity index (χ1n) is 4.38. The zero-order valence-corrected chi connectivity index (χ0v) is 7.86. The Balaban J connectivity index is 2.76. The quantitative estimate of drug-likeness (QED) is 0.528. The lowest BCUT2D eigenvalue weighted by Gasteiger charge is -2.03. The number of carboxylic acids is 1. The number of nitrogens with zero attached hydrogens (tertiary/aromatic N) is 1. The van der Waals surface area contributed by atoms with Crippen molar-refractivity contribution in [3.63, 3.8) is 0 Å². The SMILES string of the molecule is CCc1n[nH]cc1CC(C=O)C(=O)O. The number of aromatic nitrogens is 2. The van der Waals surface area contributed by atoms with Gasteiger partial charge in [-0.05, 0) is 18.4 Å². The van der Waals surface area contributed by atoms with Gasteiger partial charge in [0.25, 0.3) is 0 Å². The molecule has 5 nitrogen and oxygen atoms in total. The standard InChI is InChI=1S/C9H12N2O3/c1-2-8-6(4-10-11-8)3-7(5-12)9(13)14/h4-5,7H,2-3H2,1H3,(H,10,11)(H,13,14). The molecule has 0 amide bonds. The van der Waals surface area contributed by atoms with Crippen LogP contribution in [0.4, 0.5) is 0 Å². The third kappa shape index (κ3) is 2.18. The van der Waals surface area contributed by atoms with Crippen LogP contribution < -0.4 is 0 Å². The highest BCUT2D eigenvalue weighted by Crippen LogP contribution is 2.11. The second-order valence-electron chi connectivity index (χ2n) is 3.00. The normalized spacial score (nSPS) is 12.4. The van der Waals surface area contributed by atoms with Crippen molar-refractivity contribution in [3.8, 4) is 0 Å². The van der Waals surface area contributed by atoms with E-state index in [0.29, 0.717) is 6.29 Å². The molecule has 76 valence electrons. The van der Waals surface area contributed by atoms with Gasteiger partial charge in [-0.15, -0.1) is 0 Å². The largest absolute Gasteiger partial charge is 0.481 e. The number of H-pyrrole nitrogens is 1. The summed E-state index contributed by atoms with van der Waals surface area (Å²) in [6.07, 6.45) is 3.02. The lowest BCUT2D eigenvalue weighted by molar-refractivity contribution is -0.143. The number of carbonyl (C=O) groups is 2. The minimum atomic E-state index is -1.09. The van der Waals surface area contributed by atoms with Crippen LogP contribution in [0.1, 0.15) is 18.2 Å². The summed E-state index contributed by atoms with van der Waals surface area (Å²) in [7, 11) is 0. The third-order valence-corrected chi connectivity index (χ3v) is 2.07. The third-order valence-electron chi connectivity index (χ3n) is 2.07. The second-order valence-corrected chi connectivity index (χ2v) is 3.00. The van der Waals surface area contributed by atoms with E-state index in [4.69, 9.17) is 5.11 Å². The van der Waals surface area contributed by atoms with Gasteiger partial charge in [0.2, 0.25) is 0 Å². The summed E-state index contributed by atoms with van der Waals surface area (Å²) in [5.41, 5.74) is 1.62. The van der Waals surface area contributed by atoms with Crippen molar-refractivity contribution in [2.45, 2.75) is 19.8 Å². The molecule has 1 aromatic heterocycles. The van der Waals surface area contributed by atoms with Crippen LogP contribution in [0.15, 0.2) is 6.20 Å². The maximum Gasteiger partial charge on any atom is 0.314 e. The molecule has 1 unspecified atom stereocenters. The lowest BCUT2D eigenvalue weighted by Crippen LogP contribution is -2.18. The number of carbonyl (C=O) groups excluding carboxylic acids is 1. The van der Waals surface area contributed by atoms with Gasteiger partial charge in [0.05, 0.1) is 5.69 Å². The highest BCUT2D eigenvalue weighted by Gasteiger charge is 2.18. The van der Waals surface area contributed by atoms with Crippen molar-refractivity contribution in [3.05, 3.63) is 17.5 Å². The number of carboxylic acid groups (broad SMARTS) is 1. The molecule has 0 fully saturated rings. The highest BCUT2D eigenvalue weighted by molar-refractivity contribution is 5.86. The van der Waals surface area contributed by atoms with E-state index < -0.39 is 11.9 Å². The molecule has 1 rings (SSSR count). The number of hydrogen-bond acceptors (Lipinski definition) is 3. The van der Waals surface area contributed by atoms with Gasteiger partial charge in [-0.25, -0.2) is 0 Å². The summed E-state index contributed by atoms with van der Waals surface area (Å²) in [5, 5.41) is 15.3. The molecular formula is C9H12N2O3. The van der Waals surface area contributed by atoms with Crippen LogP contribution in [0, 0.1) is 5.92 Å². The Hall–Kier alpha value is -1.65. The zero-order valence-electron chi connectivity index (χ0n) is 7.86. The van der Waals surface area contributed by atoms with Gasteiger partial charge in [0, 0.05) is 6.20 Å². The first kappa shape index (κ1) is 10.4. The first-order valence-corrected chi connectivity index (χ1v) is 4.38. The minimum absolute atomic E-state index is 0.207. The molecule has 0 saturated carbocycles. The molecule has 0 aliphatic rings. The van der Waals surface area contributed by atoms with Crippen LogP contribution in [0.3, 0.4) is 0 Å². The van der Waals surface area contributed by atoms with E-state index >= 15 is 0 Å². The fourth-order valence-electron chi connectivity index (χ4n) is 1.26. The van der Waals surface area contributed by atoms with Crippen LogP contribution in [0.25, 0.3) is 0 Å². The minimum Gasteiger partial charge on any atom is -0.481 e. The van der Waals surface area contributed by atoms with Gasteiger partial charge in [-0.2, -0.15) is 5.10 Å². The molecule has 14 heavy (non-hydrogen) atoms. The van der Waals surface area contributed by atoms with E-state index in [1.807, 2.05) is 6.92 Å². The molecule has 0 aliphatic heterocycles. The van der Waals surface area contributed by atoms with E-state index in [2.05, 4.69) is 10.2 Å². The molecule has 5 heteroatoms. The van der Waals surface area contributed by atoms with Crippen LogP contribution in [-0.4, -0.2) is 27.6 Å². The second kappa shape index (κ2) is 4.55. The van der Waals surface area contributed by atoms with Crippen LogP contribution >= 0.6 is 0 Å². The number of hydrogen-bond donors (Lipinski definition) is 2. The predicted octanol–water partition coefficient (Wildman–Crippen LogP) is 0.414. The summed E-state index contributed by atoms with van der Waals surface area (Å²) in [6, 6.07) is 0. The van der Waals surface area contributed by atoms with Gasteiger partial charge in [-0.3, -0.25) is 9.89 Å². The fourth-order valence-corrected chi connectivity index (χ4v) is 1.26. The first-order chi connectivity index (χ1) is 6.69. The summed E-state index contributed by atoms with van der Waals surface area (Å²) < 4.78 is 0. The molecule has 1 heterocycles. The maximum atomic E-state index is 10.6. The number of aryl methyl sites for hydroxylation is 1. The molecule has 0 aromatic carbocycles.